The number of carbonyl (C=O) groups excluding carboxylic acids is 1. The topological polar surface area (TPSA) is 58.1 Å². The van der Waals surface area contributed by atoms with Crippen molar-refractivity contribution in [1.82, 2.24) is 14.9 Å². The first-order valence-electron chi connectivity index (χ1n) is 7.99. The van der Waals surface area contributed by atoms with Crippen molar-refractivity contribution in [3.8, 4) is 0 Å². The van der Waals surface area contributed by atoms with Crippen molar-refractivity contribution in [3.63, 3.8) is 0 Å². The number of nitrogens with zero attached hydrogens (tertiary/aromatic N) is 3. The molecule has 1 fully saturated rings. The zero-order valence-corrected chi connectivity index (χ0v) is 13.4. The van der Waals surface area contributed by atoms with E-state index in [1.54, 1.807) is 4.90 Å². The van der Waals surface area contributed by atoms with Gasteiger partial charge >= 0.3 is 6.18 Å². The summed E-state index contributed by atoms with van der Waals surface area (Å²) < 4.78 is 37.6. The fourth-order valence-corrected chi connectivity index (χ4v) is 2.65. The molecular weight excluding hydrogens is 333 g/mol. The van der Waals surface area contributed by atoms with Crippen molar-refractivity contribution in [3.05, 3.63) is 47.9 Å². The summed E-state index contributed by atoms with van der Waals surface area (Å²) >= 11 is 0. The van der Waals surface area contributed by atoms with Crippen LogP contribution in [0.5, 0.6) is 0 Å². The summed E-state index contributed by atoms with van der Waals surface area (Å²) in [4.78, 5) is 22.3. The van der Waals surface area contributed by atoms with Crippen LogP contribution >= 0.6 is 0 Å². The third-order valence-electron chi connectivity index (χ3n) is 4.00. The molecule has 132 valence electrons. The first-order valence-corrected chi connectivity index (χ1v) is 7.99. The highest BCUT2D eigenvalue weighted by Gasteiger charge is 2.29. The van der Waals surface area contributed by atoms with Crippen LogP contribution in [0.25, 0.3) is 0 Å². The number of hydrogen-bond donors (Lipinski definition) is 1. The van der Waals surface area contributed by atoms with Gasteiger partial charge in [0, 0.05) is 18.8 Å². The van der Waals surface area contributed by atoms with Crippen molar-refractivity contribution in [1.29, 1.82) is 0 Å². The fourth-order valence-electron chi connectivity index (χ4n) is 2.65. The predicted octanol–water partition coefficient (Wildman–Crippen LogP) is 3.87. The molecule has 1 aromatic heterocycles. The minimum absolute atomic E-state index is 0.145. The van der Waals surface area contributed by atoms with Crippen molar-refractivity contribution in [2.45, 2.75) is 25.4 Å². The summed E-state index contributed by atoms with van der Waals surface area (Å²) in [6, 6.07) is 4.61. The Morgan fingerprint density at radius 3 is 2.24 bits per heavy atom. The molecule has 1 amide bonds. The number of rotatable bonds is 3. The molecule has 3 rings (SSSR count). The van der Waals surface area contributed by atoms with Crippen molar-refractivity contribution in [2.24, 2.45) is 0 Å². The van der Waals surface area contributed by atoms with E-state index >= 15 is 0 Å². The predicted molar refractivity (Wildman–Crippen MR) is 86.5 cm³/mol. The quantitative estimate of drug-likeness (QED) is 0.913. The zero-order chi connectivity index (χ0) is 17.9. The molecule has 1 aliphatic heterocycles. The SMILES string of the molecule is O=C(c1cnc(Nc2ccc(C(F)(F)F)cc2)cn1)N1CCCCC1. The molecule has 1 N–H and O–H groups in total. The number of aromatic nitrogens is 2. The number of benzene rings is 1. The molecule has 2 heterocycles. The first kappa shape index (κ1) is 17.2. The lowest BCUT2D eigenvalue weighted by Gasteiger charge is -2.26. The molecule has 25 heavy (non-hydrogen) atoms. The third kappa shape index (κ3) is 4.26. The Kier molecular flexibility index (Phi) is 4.87. The third-order valence-corrected chi connectivity index (χ3v) is 4.00. The Bertz CT molecular complexity index is 723. The van der Waals surface area contributed by atoms with Crippen LogP contribution in [0.4, 0.5) is 24.7 Å². The van der Waals surface area contributed by atoms with E-state index in [1.807, 2.05) is 0 Å². The van der Waals surface area contributed by atoms with Gasteiger partial charge in [-0.1, -0.05) is 0 Å². The van der Waals surface area contributed by atoms with Gasteiger partial charge in [0.1, 0.15) is 11.5 Å². The van der Waals surface area contributed by atoms with Crippen LogP contribution in [0.3, 0.4) is 0 Å². The van der Waals surface area contributed by atoms with E-state index in [-0.39, 0.29) is 11.6 Å². The number of anilines is 2. The Morgan fingerprint density at radius 1 is 1.00 bits per heavy atom. The van der Waals surface area contributed by atoms with Gasteiger partial charge in [-0.3, -0.25) is 4.79 Å². The Balaban J connectivity index is 1.65. The standard InChI is InChI=1S/C17H17F3N4O/c18-17(19,20)12-4-6-13(7-5-12)23-15-11-21-14(10-22-15)16(25)24-8-2-1-3-9-24/h4-7,10-11H,1-3,8-9H2,(H,22,23). The first-order chi connectivity index (χ1) is 11.9. The van der Waals surface area contributed by atoms with Crippen LogP contribution < -0.4 is 5.32 Å². The minimum Gasteiger partial charge on any atom is -0.339 e. The van der Waals surface area contributed by atoms with Gasteiger partial charge in [0.25, 0.3) is 5.91 Å². The Morgan fingerprint density at radius 2 is 1.68 bits per heavy atom. The van der Waals surface area contributed by atoms with Crippen molar-refractivity contribution >= 4 is 17.4 Å². The van der Waals surface area contributed by atoms with Gasteiger partial charge in [-0.05, 0) is 43.5 Å². The highest BCUT2D eigenvalue weighted by molar-refractivity contribution is 5.92. The smallest absolute Gasteiger partial charge is 0.339 e. The maximum atomic E-state index is 12.5. The number of amides is 1. The molecule has 0 spiro atoms. The highest BCUT2D eigenvalue weighted by atomic mass is 19.4. The lowest BCUT2D eigenvalue weighted by molar-refractivity contribution is -0.137. The molecule has 1 aliphatic rings. The molecule has 2 aromatic rings. The van der Waals surface area contributed by atoms with E-state index < -0.39 is 11.7 Å². The van der Waals surface area contributed by atoms with E-state index in [9.17, 15) is 18.0 Å². The molecule has 8 heteroatoms. The Hall–Kier alpha value is -2.64. The van der Waals surface area contributed by atoms with Crippen LogP contribution in [-0.4, -0.2) is 33.9 Å². The molecule has 0 aliphatic carbocycles. The monoisotopic (exact) mass is 350 g/mol. The molecule has 0 saturated carbocycles. The maximum Gasteiger partial charge on any atom is 0.416 e. The molecular formula is C17H17F3N4O. The lowest BCUT2D eigenvalue weighted by Crippen LogP contribution is -2.36. The second kappa shape index (κ2) is 7.08. The van der Waals surface area contributed by atoms with E-state index in [1.165, 1.54) is 24.5 Å². The van der Waals surface area contributed by atoms with Crippen molar-refractivity contribution < 1.29 is 18.0 Å². The van der Waals surface area contributed by atoms with Gasteiger partial charge in [0.15, 0.2) is 0 Å². The normalized spacial score (nSPS) is 15.1. The van der Waals surface area contributed by atoms with Gasteiger partial charge < -0.3 is 10.2 Å². The van der Waals surface area contributed by atoms with Gasteiger partial charge in [-0.2, -0.15) is 13.2 Å². The highest BCUT2D eigenvalue weighted by Crippen LogP contribution is 2.30. The van der Waals surface area contributed by atoms with Gasteiger partial charge in [-0.25, -0.2) is 9.97 Å². The van der Waals surface area contributed by atoms with Gasteiger partial charge in [0.05, 0.1) is 18.0 Å². The number of nitrogens with one attached hydrogen (secondary N) is 1. The van der Waals surface area contributed by atoms with Crippen molar-refractivity contribution in [2.75, 3.05) is 18.4 Å². The van der Waals surface area contributed by atoms with Crippen LogP contribution in [0.1, 0.15) is 35.3 Å². The number of alkyl halides is 3. The molecule has 1 aromatic carbocycles. The van der Waals surface area contributed by atoms with Gasteiger partial charge in [-0.15, -0.1) is 0 Å². The molecule has 0 unspecified atom stereocenters. The second-order valence-electron chi connectivity index (χ2n) is 5.84. The van der Waals surface area contributed by atoms with E-state index in [4.69, 9.17) is 0 Å². The van der Waals surface area contributed by atoms with Crippen LogP contribution in [0.2, 0.25) is 0 Å². The number of halogens is 3. The lowest BCUT2D eigenvalue weighted by atomic mass is 10.1. The van der Waals surface area contributed by atoms with E-state index in [0.29, 0.717) is 11.5 Å². The fraction of sp³-hybridized carbons (Fsp3) is 0.353. The molecule has 0 radical (unpaired) electrons. The summed E-state index contributed by atoms with van der Waals surface area (Å²) in [5, 5.41) is 2.86. The zero-order valence-electron chi connectivity index (χ0n) is 13.4. The van der Waals surface area contributed by atoms with Crippen LogP contribution in [0.15, 0.2) is 36.7 Å². The van der Waals surface area contributed by atoms with Crippen LogP contribution in [-0.2, 0) is 6.18 Å². The Labute approximate surface area is 142 Å². The average molecular weight is 350 g/mol. The average Bonchev–Trinajstić information content (AvgIpc) is 2.62. The molecule has 0 atom stereocenters. The second-order valence-corrected chi connectivity index (χ2v) is 5.84. The number of likely N-dealkylation sites (tertiary alicyclic amines) is 1. The van der Waals surface area contributed by atoms with Gasteiger partial charge in [0.2, 0.25) is 0 Å². The summed E-state index contributed by atoms with van der Waals surface area (Å²) in [5.41, 5.74) is 0.00360. The summed E-state index contributed by atoms with van der Waals surface area (Å²) in [5.74, 6) is 0.211. The largest absolute Gasteiger partial charge is 0.416 e. The molecule has 5 nitrogen and oxygen atoms in total. The minimum atomic E-state index is -4.37. The molecule has 1 saturated heterocycles. The van der Waals surface area contributed by atoms with Crippen LogP contribution in [0, 0.1) is 0 Å². The maximum absolute atomic E-state index is 12.5. The number of piperidine rings is 1. The summed E-state index contributed by atoms with van der Waals surface area (Å²) in [7, 11) is 0. The number of carbonyl (C=O) groups is 1. The summed E-state index contributed by atoms with van der Waals surface area (Å²) in [6.07, 6.45) is 1.53. The number of hydrogen-bond acceptors (Lipinski definition) is 4. The van der Waals surface area contributed by atoms with E-state index in [0.717, 1.165) is 44.5 Å². The summed E-state index contributed by atoms with van der Waals surface area (Å²) in [6.45, 7) is 1.46. The van der Waals surface area contributed by atoms with E-state index in [2.05, 4.69) is 15.3 Å². The molecule has 0 bridgehead atoms.